The summed E-state index contributed by atoms with van der Waals surface area (Å²) in [5.41, 5.74) is 6.29. The van der Waals surface area contributed by atoms with E-state index in [-0.39, 0.29) is 61.5 Å². The van der Waals surface area contributed by atoms with Gasteiger partial charge in [-0.05, 0) is 55.5 Å². The highest BCUT2D eigenvalue weighted by Gasteiger charge is 2.27. The van der Waals surface area contributed by atoms with Gasteiger partial charge in [-0.25, -0.2) is 23.5 Å². The summed E-state index contributed by atoms with van der Waals surface area (Å²) in [5, 5.41) is 26.1. The summed E-state index contributed by atoms with van der Waals surface area (Å²) in [7, 11) is 0. The topological polar surface area (TPSA) is 236 Å². The van der Waals surface area contributed by atoms with Crippen molar-refractivity contribution in [1.29, 1.82) is 0 Å². The van der Waals surface area contributed by atoms with Crippen molar-refractivity contribution in [3.05, 3.63) is 81.7 Å². The first kappa shape index (κ1) is 41.6. The summed E-state index contributed by atoms with van der Waals surface area (Å²) < 4.78 is 23.9. The molecule has 1 aliphatic heterocycles. The van der Waals surface area contributed by atoms with Crippen LogP contribution in [0.4, 0.5) is 25.4 Å². The molecular weight excluding hydrogens is 743 g/mol. The first-order chi connectivity index (χ1) is 27.2. The number of nitrogens with one attached hydrogen (secondary N) is 3. The predicted molar refractivity (Wildman–Crippen MR) is 207 cm³/mol. The summed E-state index contributed by atoms with van der Waals surface area (Å²) in [4.78, 5) is 77.1. The molecule has 304 valence electrons. The number of carbonyl (C=O) groups is 5. The van der Waals surface area contributed by atoms with Gasteiger partial charge in [0.1, 0.15) is 29.7 Å². The number of aromatic carboxylic acids is 1. The maximum Gasteiger partial charge on any atom is 0.410 e. The molecule has 5 rings (SSSR count). The second-order valence-electron chi connectivity index (χ2n) is 14.0. The van der Waals surface area contributed by atoms with Crippen LogP contribution in [-0.4, -0.2) is 92.2 Å². The van der Waals surface area contributed by atoms with Crippen LogP contribution in [0.1, 0.15) is 74.2 Å². The van der Waals surface area contributed by atoms with Crippen LogP contribution in [0.25, 0.3) is 10.9 Å². The third-order valence-electron chi connectivity index (χ3n) is 9.63. The van der Waals surface area contributed by atoms with Crippen LogP contribution in [0.15, 0.2) is 53.6 Å². The Hall–Kier alpha value is -6.53. The van der Waals surface area contributed by atoms with Gasteiger partial charge in [-0.15, -0.1) is 5.10 Å². The van der Waals surface area contributed by atoms with Gasteiger partial charge in [-0.1, -0.05) is 31.2 Å². The lowest BCUT2D eigenvalue weighted by molar-refractivity contribution is -0.120. The maximum absolute atomic E-state index is 15.3. The molecule has 57 heavy (non-hydrogen) atoms. The van der Waals surface area contributed by atoms with E-state index >= 15 is 4.39 Å². The highest BCUT2D eigenvalue weighted by atomic mass is 19.1. The van der Waals surface area contributed by atoms with Crippen LogP contribution >= 0.6 is 0 Å². The second-order valence-corrected chi connectivity index (χ2v) is 14.0. The number of anilines is 2. The summed E-state index contributed by atoms with van der Waals surface area (Å²) >= 11 is 0. The number of aromatic nitrogens is 4. The number of fused-ring (bicyclic) bond motifs is 1. The fraction of sp³-hybridized carbons (Fsp3) is 0.421. The van der Waals surface area contributed by atoms with E-state index in [1.165, 1.54) is 28.8 Å². The standard InChI is InChI=1S/C38H47FN10O8/c1-5-46-19-27(36(53)54)34(51)26-17-28(39)32(18-31(26)46)47-13-15-48(16-14-47)38(56)57-21-24-8-10-25(11-9-24)43-35(52)30(7-6-12-41-37(40)55)49-20-29(44-45-49)33(22(2)3)42-23(4)50/h8-11,17-20,22,30,33H,5-7,12-16,21H2,1-4H3,(H,42,50)(H,43,52)(H,53,54)(H3,40,41,55)/t30-,33?/m0/s1. The lowest BCUT2D eigenvalue weighted by Crippen LogP contribution is -2.49. The Morgan fingerprint density at radius 2 is 1.74 bits per heavy atom. The highest BCUT2D eigenvalue weighted by Crippen LogP contribution is 2.27. The summed E-state index contributed by atoms with van der Waals surface area (Å²) in [6.45, 7) is 8.72. The minimum Gasteiger partial charge on any atom is -0.477 e. The zero-order valence-corrected chi connectivity index (χ0v) is 32.2. The number of rotatable bonds is 15. The Labute approximate surface area is 327 Å². The van der Waals surface area contributed by atoms with Crippen LogP contribution < -0.4 is 32.0 Å². The van der Waals surface area contributed by atoms with Crippen LogP contribution in [0, 0.1) is 11.7 Å². The fourth-order valence-corrected chi connectivity index (χ4v) is 6.61. The number of urea groups is 1. The number of carbonyl (C=O) groups excluding carboxylic acids is 4. The number of halogens is 1. The normalized spacial score (nSPS) is 13.9. The number of aryl methyl sites for hydroxylation is 1. The quantitative estimate of drug-likeness (QED) is 0.110. The summed E-state index contributed by atoms with van der Waals surface area (Å²) in [6.07, 6.45) is 3.03. The first-order valence-electron chi connectivity index (χ1n) is 18.5. The lowest BCUT2D eigenvalue weighted by atomic mass is 10.0. The number of hydrogen-bond donors (Lipinski definition) is 5. The molecule has 0 radical (unpaired) electrons. The molecule has 1 fully saturated rings. The van der Waals surface area contributed by atoms with Crippen LogP contribution in [0.5, 0.6) is 0 Å². The Balaban J connectivity index is 1.17. The number of benzene rings is 2. The number of pyridine rings is 1. The molecule has 2 atom stereocenters. The van der Waals surface area contributed by atoms with E-state index in [1.807, 2.05) is 13.8 Å². The van der Waals surface area contributed by atoms with Crippen molar-refractivity contribution in [2.24, 2.45) is 11.7 Å². The van der Waals surface area contributed by atoms with Gasteiger partial charge < -0.3 is 45.9 Å². The average Bonchev–Trinajstić information content (AvgIpc) is 3.65. The molecule has 0 saturated carbocycles. The molecule has 0 spiro atoms. The molecule has 5 amide bonds. The van der Waals surface area contributed by atoms with E-state index in [2.05, 4.69) is 26.3 Å². The number of nitrogens with two attached hydrogens (primary N) is 1. The number of carboxylic acid groups (broad SMARTS) is 1. The van der Waals surface area contributed by atoms with Gasteiger partial charge in [-0.2, -0.15) is 0 Å². The molecule has 2 aromatic heterocycles. The molecule has 19 heteroatoms. The van der Waals surface area contributed by atoms with Crippen molar-refractivity contribution >= 4 is 52.2 Å². The SMILES string of the molecule is CCn1cc(C(=O)O)c(=O)c2cc(F)c(N3CCN(C(=O)OCc4ccc(NC(=O)[C@H](CCCNC(N)=O)n5cc(C(NC(C)=O)C(C)C)nn5)cc4)CC3)cc21. The van der Waals surface area contributed by atoms with E-state index in [0.29, 0.717) is 48.5 Å². The van der Waals surface area contributed by atoms with E-state index in [1.54, 1.807) is 46.9 Å². The number of amides is 5. The number of nitrogens with zero attached hydrogens (tertiary/aromatic N) is 6. The third kappa shape index (κ3) is 10.2. The Kier molecular flexibility index (Phi) is 13.4. The summed E-state index contributed by atoms with van der Waals surface area (Å²) in [6, 6.07) is 7.46. The minimum atomic E-state index is -1.38. The molecule has 0 aliphatic carbocycles. The van der Waals surface area contributed by atoms with Gasteiger partial charge >= 0.3 is 18.1 Å². The number of hydrogen-bond acceptors (Lipinski definition) is 10. The molecule has 18 nitrogen and oxygen atoms in total. The number of primary amides is 1. The van der Waals surface area contributed by atoms with Gasteiger partial charge in [0.05, 0.1) is 23.4 Å². The molecule has 0 bridgehead atoms. The largest absolute Gasteiger partial charge is 0.477 e. The van der Waals surface area contributed by atoms with Crippen molar-refractivity contribution < 1.29 is 38.2 Å². The molecular formula is C38H47FN10O8. The Bertz CT molecular complexity index is 2180. The molecule has 1 saturated heterocycles. The van der Waals surface area contributed by atoms with E-state index in [0.717, 1.165) is 6.07 Å². The van der Waals surface area contributed by atoms with Crippen molar-refractivity contribution in [3.8, 4) is 0 Å². The molecule has 2 aromatic carbocycles. The fourth-order valence-electron chi connectivity index (χ4n) is 6.61. The molecule has 4 aromatic rings. The molecule has 1 unspecified atom stereocenters. The van der Waals surface area contributed by atoms with Gasteiger partial charge in [0.25, 0.3) is 0 Å². The van der Waals surface area contributed by atoms with E-state index in [9.17, 15) is 33.9 Å². The molecule has 6 N–H and O–H groups in total. The van der Waals surface area contributed by atoms with E-state index in [4.69, 9.17) is 10.5 Å². The third-order valence-corrected chi connectivity index (χ3v) is 9.63. The van der Waals surface area contributed by atoms with Crippen LogP contribution in [-0.2, 0) is 27.5 Å². The smallest absolute Gasteiger partial charge is 0.410 e. The Morgan fingerprint density at radius 3 is 2.35 bits per heavy atom. The average molecular weight is 791 g/mol. The number of carboxylic acids is 1. The van der Waals surface area contributed by atoms with Crippen molar-refractivity contribution in [1.82, 2.24) is 35.1 Å². The first-order valence-corrected chi connectivity index (χ1v) is 18.5. The van der Waals surface area contributed by atoms with Crippen molar-refractivity contribution in [2.75, 3.05) is 42.9 Å². The number of ether oxygens (including phenoxy) is 1. The van der Waals surface area contributed by atoms with Gasteiger partial charge in [-0.3, -0.25) is 14.4 Å². The lowest BCUT2D eigenvalue weighted by Gasteiger charge is -2.35. The van der Waals surface area contributed by atoms with Crippen molar-refractivity contribution in [2.45, 2.75) is 65.8 Å². The van der Waals surface area contributed by atoms with Crippen molar-refractivity contribution in [3.63, 3.8) is 0 Å². The summed E-state index contributed by atoms with van der Waals surface area (Å²) in [5.74, 6) is -2.66. The maximum atomic E-state index is 15.3. The zero-order valence-electron chi connectivity index (χ0n) is 32.2. The van der Waals surface area contributed by atoms with E-state index < -0.39 is 47.0 Å². The monoisotopic (exact) mass is 790 g/mol. The van der Waals surface area contributed by atoms with Crippen LogP contribution in [0.2, 0.25) is 0 Å². The zero-order chi connectivity index (χ0) is 41.4. The minimum absolute atomic E-state index is 0.00481. The Morgan fingerprint density at radius 1 is 1.04 bits per heavy atom. The highest BCUT2D eigenvalue weighted by molar-refractivity contribution is 5.94. The molecule has 1 aliphatic rings. The second kappa shape index (κ2) is 18.4. The predicted octanol–water partition coefficient (Wildman–Crippen LogP) is 3.37. The number of piperazine rings is 1. The van der Waals surface area contributed by atoms with Crippen LogP contribution in [0.3, 0.4) is 0 Å². The van der Waals surface area contributed by atoms with Gasteiger partial charge in [0, 0.05) is 63.5 Å². The van der Waals surface area contributed by atoms with Gasteiger partial charge in [0.2, 0.25) is 17.2 Å². The van der Waals surface area contributed by atoms with Gasteiger partial charge in [0.15, 0.2) is 0 Å². The molecule has 3 heterocycles.